The van der Waals surface area contributed by atoms with Gasteiger partial charge in [-0.1, -0.05) is 16.8 Å². The number of rotatable bonds is 4. The maximum Gasteiger partial charge on any atom is 0.274 e. The van der Waals surface area contributed by atoms with E-state index >= 15 is 0 Å². The first-order valence-electron chi connectivity index (χ1n) is 13.1. The summed E-state index contributed by atoms with van der Waals surface area (Å²) in [5.41, 5.74) is 2.37. The van der Waals surface area contributed by atoms with E-state index in [1.807, 2.05) is 78.6 Å². The summed E-state index contributed by atoms with van der Waals surface area (Å²) in [5, 5.41) is 2.13. The van der Waals surface area contributed by atoms with Crippen LogP contribution in [0, 0.1) is 5.92 Å². The summed E-state index contributed by atoms with van der Waals surface area (Å²) in [6.45, 7) is 2.64. The number of benzene rings is 1. The number of halogens is 1. The van der Waals surface area contributed by atoms with Gasteiger partial charge < -0.3 is 19.1 Å². The topological polar surface area (TPSA) is 75.9 Å². The fraction of sp³-hybridized carbons (Fsp3) is 0.476. The Balaban J connectivity index is 1.47. The van der Waals surface area contributed by atoms with Crippen LogP contribution < -0.4 is 0 Å². The fourth-order valence-corrected chi connectivity index (χ4v) is 6.31. The van der Waals surface area contributed by atoms with E-state index < -0.39 is 21.5 Å². The minimum Gasteiger partial charge on any atom is -0.402 e. The molecule has 2 amide bonds. The average Bonchev–Trinajstić information content (AvgIpc) is 3.39. The number of carbonyl (C=O) groups is 2. The van der Waals surface area contributed by atoms with Gasteiger partial charge in [-0.05, 0) is 54.1 Å². The van der Waals surface area contributed by atoms with E-state index in [2.05, 4.69) is 12.1 Å². The van der Waals surface area contributed by atoms with Gasteiger partial charge in [0.25, 0.3) is 11.8 Å². The average molecular weight is 510 g/mol. The number of fused-ring (bicyclic) bond motifs is 1. The molecule has 1 saturated carbocycles. The number of hydrogen-bond donors (Lipinski definition) is 0. The van der Waals surface area contributed by atoms with Gasteiger partial charge in [0.05, 0.1) is 10.6 Å². The SMILES string of the molecule is BC1(B)OC(B)(B)C(B)(B)N(C(=O)c2cc(-c3cc(Cl)c4c(c3)CN([C@@H](C)C3CC3)C4=O)on2)C1(B)B. The molecule has 1 atom stereocenters. The van der Waals surface area contributed by atoms with Crippen molar-refractivity contribution in [3.05, 3.63) is 40.0 Å². The maximum absolute atomic E-state index is 14.0. The van der Waals surface area contributed by atoms with Gasteiger partial charge in [-0.3, -0.25) is 9.59 Å². The fourth-order valence-electron chi connectivity index (χ4n) is 5.99. The third-order valence-corrected chi connectivity index (χ3v) is 9.87. The predicted octanol–water partition coefficient (Wildman–Crippen LogP) is -5.10. The van der Waals surface area contributed by atoms with Crippen LogP contribution in [0.25, 0.3) is 11.3 Å². The van der Waals surface area contributed by atoms with Crippen molar-refractivity contribution in [3.63, 3.8) is 0 Å². The van der Waals surface area contributed by atoms with Crippen LogP contribution in [0.5, 0.6) is 0 Å². The van der Waals surface area contributed by atoms with Crippen molar-refractivity contribution in [1.82, 2.24) is 15.0 Å². The number of amides is 2. The van der Waals surface area contributed by atoms with Crippen molar-refractivity contribution in [3.8, 4) is 11.3 Å². The lowest BCUT2D eigenvalue weighted by Crippen LogP contribution is -2.86. The Bertz CT molecular complexity index is 1290. The Labute approximate surface area is 230 Å². The molecule has 0 unspecified atom stereocenters. The molecule has 0 radical (unpaired) electrons. The number of ether oxygens (including phenoxy) is 1. The minimum atomic E-state index is -0.624. The molecule has 2 aromatic rings. The van der Waals surface area contributed by atoms with Crippen molar-refractivity contribution in [2.75, 3.05) is 0 Å². The second-order valence-corrected chi connectivity index (χ2v) is 13.4. The van der Waals surface area contributed by atoms with E-state index in [1.54, 1.807) is 12.1 Å². The highest BCUT2D eigenvalue weighted by molar-refractivity contribution is 6.60. The largest absolute Gasteiger partial charge is 0.402 e. The summed E-state index contributed by atoms with van der Waals surface area (Å²) in [7, 11) is 16.1. The molecule has 37 heavy (non-hydrogen) atoms. The standard InChI is InChI=1S/C21H30B8ClN3O4/c1-8(9-2-3-9)32-7-11-4-10(5-12(30)15(11)17(32)35)14-6-13(31-36-14)16(34)33-18(22,23)20(26,27)37-21(28,29)19(33,24)25/h4-6,8-9H,2-3,7,22-29H2,1H3/t8-/m0/s1. The molecule has 1 saturated heterocycles. The Hall–Kier alpha value is -1.86. The maximum atomic E-state index is 14.0. The van der Waals surface area contributed by atoms with Crippen LogP contribution in [0.1, 0.15) is 46.2 Å². The highest BCUT2D eigenvalue weighted by atomic mass is 35.5. The zero-order valence-corrected chi connectivity index (χ0v) is 24.1. The van der Waals surface area contributed by atoms with E-state index in [0.717, 1.165) is 5.56 Å². The van der Waals surface area contributed by atoms with Crippen LogP contribution in [-0.4, -0.2) is 117 Å². The zero-order chi connectivity index (χ0) is 27.3. The summed E-state index contributed by atoms with van der Waals surface area (Å²) in [6, 6.07) is 5.53. The van der Waals surface area contributed by atoms with Gasteiger partial charge in [-0.2, -0.15) is 0 Å². The summed E-state index contributed by atoms with van der Waals surface area (Å²) in [5.74, 6) is 0.780. The number of morpholine rings is 1. The normalized spacial score (nSPS) is 24.0. The lowest BCUT2D eigenvalue weighted by atomic mass is 9.30. The molecule has 1 aromatic carbocycles. The van der Waals surface area contributed by atoms with Gasteiger partial charge in [-0.25, -0.2) is 0 Å². The zero-order valence-electron chi connectivity index (χ0n) is 23.4. The Morgan fingerprint density at radius 1 is 1.05 bits per heavy atom. The van der Waals surface area contributed by atoms with E-state index in [4.69, 9.17) is 20.9 Å². The quantitative estimate of drug-likeness (QED) is 0.385. The molecule has 0 N–H and O–H groups in total. The van der Waals surface area contributed by atoms with Crippen LogP contribution >= 0.6 is 11.6 Å². The van der Waals surface area contributed by atoms with Gasteiger partial charge >= 0.3 is 0 Å². The summed E-state index contributed by atoms with van der Waals surface area (Å²) >= 11 is 6.61. The van der Waals surface area contributed by atoms with Gasteiger partial charge in [0.1, 0.15) is 62.8 Å². The predicted molar refractivity (Wildman–Crippen MR) is 166 cm³/mol. The van der Waals surface area contributed by atoms with E-state index in [1.165, 1.54) is 12.8 Å². The van der Waals surface area contributed by atoms with Crippen LogP contribution in [0.4, 0.5) is 0 Å². The third-order valence-electron chi connectivity index (χ3n) is 9.58. The van der Waals surface area contributed by atoms with Crippen molar-refractivity contribution in [1.29, 1.82) is 0 Å². The van der Waals surface area contributed by atoms with Crippen molar-refractivity contribution >= 4 is 86.2 Å². The molecule has 5 rings (SSSR count). The van der Waals surface area contributed by atoms with Gasteiger partial charge in [0.2, 0.25) is 0 Å². The lowest BCUT2D eigenvalue weighted by molar-refractivity contribution is -0.0967. The molecule has 3 aliphatic rings. The molecule has 1 aromatic heterocycles. The van der Waals surface area contributed by atoms with Crippen LogP contribution in [0.3, 0.4) is 0 Å². The minimum absolute atomic E-state index is 0.0126. The van der Waals surface area contributed by atoms with Gasteiger partial charge in [-0.15, -0.1) is 0 Å². The molecule has 0 spiro atoms. The smallest absolute Gasteiger partial charge is 0.274 e. The first-order valence-corrected chi connectivity index (χ1v) is 13.5. The number of carbonyl (C=O) groups excluding carboxylic acids is 2. The molecule has 1 aliphatic carbocycles. The molecule has 184 valence electrons. The van der Waals surface area contributed by atoms with E-state index in [0.29, 0.717) is 34.4 Å². The second kappa shape index (κ2) is 8.32. The summed E-state index contributed by atoms with van der Waals surface area (Å²) in [4.78, 5) is 30.9. The van der Waals surface area contributed by atoms with Crippen LogP contribution in [-0.2, 0) is 11.3 Å². The van der Waals surface area contributed by atoms with Crippen molar-refractivity contribution < 1.29 is 18.8 Å². The molecule has 16 heteroatoms. The van der Waals surface area contributed by atoms with E-state index in [9.17, 15) is 9.59 Å². The molecule has 3 heterocycles. The number of hydrogen-bond acceptors (Lipinski definition) is 5. The second-order valence-electron chi connectivity index (χ2n) is 13.0. The van der Waals surface area contributed by atoms with Gasteiger partial charge in [0, 0.05) is 35.0 Å². The third kappa shape index (κ3) is 3.98. The Morgan fingerprint density at radius 3 is 2.22 bits per heavy atom. The van der Waals surface area contributed by atoms with E-state index in [-0.39, 0.29) is 23.6 Å². The van der Waals surface area contributed by atoms with Crippen molar-refractivity contribution in [2.24, 2.45) is 5.92 Å². The van der Waals surface area contributed by atoms with Crippen molar-refractivity contribution in [2.45, 2.75) is 53.8 Å². The van der Waals surface area contributed by atoms with Crippen LogP contribution in [0.15, 0.2) is 22.7 Å². The molecule has 2 fully saturated rings. The summed E-state index contributed by atoms with van der Waals surface area (Å²) < 4.78 is 12.2. The Kier molecular flexibility index (Phi) is 6.01. The monoisotopic (exact) mass is 511 g/mol. The lowest BCUT2D eigenvalue weighted by Gasteiger charge is -2.68. The number of aromatic nitrogens is 1. The molecular formula is C21H30B8ClN3O4. The summed E-state index contributed by atoms with van der Waals surface area (Å²) in [6.07, 6.45) is 2.33. The molecule has 0 bridgehead atoms. The first-order chi connectivity index (χ1) is 17.0. The highest BCUT2D eigenvalue weighted by Crippen LogP contribution is 2.42. The highest BCUT2D eigenvalue weighted by Gasteiger charge is 2.60. The van der Waals surface area contributed by atoms with Gasteiger partial charge in [0.15, 0.2) is 11.5 Å². The molecule has 2 aliphatic heterocycles. The molecular weight excluding hydrogens is 480 g/mol. The molecule has 7 nitrogen and oxygen atoms in total. The Morgan fingerprint density at radius 2 is 1.65 bits per heavy atom. The number of nitrogens with zero attached hydrogens (tertiary/aromatic N) is 3. The first kappa shape index (κ1) is 26.7. The van der Waals surface area contributed by atoms with Crippen LogP contribution in [0.2, 0.25) is 5.02 Å².